The van der Waals surface area contributed by atoms with Crippen LogP contribution in [0.3, 0.4) is 0 Å². The van der Waals surface area contributed by atoms with Crippen LogP contribution in [0.25, 0.3) is 0 Å². The molecule has 0 spiro atoms. The molecule has 0 aliphatic carbocycles. The summed E-state index contributed by atoms with van der Waals surface area (Å²) < 4.78 is 0. The number of hydrogen-bond donors (Lipinski definition) is 4. The minimum atomic E-state index is -0.358. The van der Waals surface area contributed by atoms with E-state index in [1.165, 1.54) is 12.4 Å². The second-order valence-corrected chi connectivity index (χ2v) is 7.26. The highest BCUT2D eigenvalue weighted by atomic mass is 35.5. The van der Waals surface area contributed by atoms with Gasteiger partial charge in [-0.25, -0.2) is 4.98 Å². The summed E-state index contributed by atoms with van der Waals surface area (Å²) in [6.07, 6.45) is 5.59. The van der Waals surface area contributed by atoms with Crippen LogP contribution in [0.2, 0.25) is 5.02 Å². The minimum Gasteiger partial charge on any atom is -0.380 e. The number of aromatic nitrogens is 2. The van der Waals surface area contributed by atoms with E-state index in [1.54, 1.807) is 4.90 Å². The molecule has 1 aromatic carbocycles. The maximum atomic E-state index is 12.3. The Bertz CT molecular complexity index is 989. The number of benzene rings is 1. The highest BCUT2D eigenvalue weighted by Crippen LogP contribution is 2.20. The van der Waals surface area contributed by atoms with Crippen LogP contribution in [0.5, 0.6) is 0 Å². The molecule has 1 amide bonds. The summed E-state index contributed by atoms with van der Waals surface area (Å²) in [5, 5.41) is 26.0. The van der Waals surface area contributed by atoms with Gasteiger partial charge in [0.25, 0.3) is 0 Å². The topological polar surface area (TPSA) is 130 Å². The molecule has 4 N–H and O–H groups in total. The average molecular weight is 439 g/mol. The Morgan fingerprint density at radius 2 is 2.19 bits per heavy atom. The molecular weight excluding hydrogens is 416 g/mol. The number of nitrogens with one attached hydrogen (secondary N) is 4. The molecule has 0 bridgehead atoms. The van der Waals surface area contributed by atoms with Crippen LogP contribution >= 0.6 is 11.6 Å². The Morgan fingerprint density at radius 1 is 1.39 bits per heavy atom. The first-order valence-electron chi connectivity index (χ1n) is 9.81. The molecular formula is C21H23ClN8O. The fraction of sp³-hybridized carbons (Fsp3) is 0.286. The van der Waals surface area contributed by atoms with E-state index >= 15 is 0 Å². The third-order valence-electron chi connectivity index (χ3n) is 4.69. The van der Waals surface area contributed by atoms with Gasteiger partial charge in [0.1, 0.15) is 11.1 Å². The van der Waals surface area contributed by atoms with E-state index in [0.717, 1.165) is 18.2 Å². The van der Waals surface area contributed by atoms with Gasteiger partial charge in [-0.3, -0.25) is 4.79 Å². The van der Waals surface area contributed by atoms with Crippen molar-refractivity contribution in [1.82, 2.24) is 20.2 Å². The maximum Gasteiger partial charge on any atom is 0.242 e. The van der Waals surface area contributed by atoms with Crippen molar-refractivity contribution >= 4 is 35.5 Å². The number of carbonyl (C=O) groups excluding carboxylic acids is 1. The lowest BCUT2D eigenvalue weighted by molar-refractivity contribution is -0.130. The molecule has 3 rings (SSSR count). The van der Waals surface area contributed by atoms with E-state index in [-0.39, 0.29) is 24.4 Å². The fourth-order valence-electron chi connectivity index (χ4n) is 3.13. The van der Waals surface area contributed by atoms with Gasteiger partial charge < -0.3 is 26.3 Å². The lowest BCUT2D eigenvalue weighted by Gasteiger charge is -2.19. The van der Waals surface area contributed by atoms with Gasteiger partial charge in [-0.1, -0.05) is 41.9 Å². The van der Waals surface area contributed by atoms with E-state index in [4.69, 9.17) is 22.3 Å². The number of allylic oxidation sites excluding steroid dienone is 1. The molecule has 10 heteroatoms. The standard InChI is InChI=1S/C21H23ClN8O/c22-18-13-27-21(29-20(18)26-11-15-5-2-1-3-6-15)28-16(9-23)12-25-14-19(31)30-8-4-7-17(30)10-24/h1-3,5-6,9,12-13,17,23,25H,4,7-8,11,14H2,(H2,26,27,28,29)/b16-12+,23-9?/t17-/m0/s1. The van der Waals surface area contributed by atoms with Gasteiger partial charge in [-0.15, -0.1) is 0 Å². The predicted molar refractivity (Wildman–Crippen MR) is 120 cm³/mol. The number of amides is 1. The summed E-state index contributed by atoms with van der Waals surface area (Å²) in [5.41, 5.74) is 1.44. The number of nitrogens with zero attached hydrogens (tertiary/aromatic N) is 4. The van der Waals surface area contributed by atoms with Gasteiger partial charge in [0, 0.05) is 25.5 Å². The molecule has 0 unspecified atom stereocenters. The van der Waals surface area contributed by atoms with Gasteiger partial charge in [0.05, 0.1) is 24.5 Å². The second kappa shape index (κ2) is 10.9. The van der Waals surface area contributed by atoms with Crippen molar-refractivity contribution in [2.75, 3.05) is 23.7 Å². The molecule has 1 fully saturated rings. The van der Waals surface area contributed by atoms with Crippen molar-refractivity contribution in [3.8, 4) is 6.07 Å². The van der Waals surface area contributed by atoms with Crippen molar-refractivity contribution in [1.29, 1.82) is 10.7 Å². The van der Waals surface area contributed by atoms with Gasteiger partial charge >= 0.3 is 0 Å². The van der Waals surface area contributed by atoms with E-state index in [2.05, 4.69) is 32.0 Å². The number of halogens is 1. The monoisotopic (exact) mass is 438 g/mol. The van der Waals surface area contributed by atoms with E-state index < -0.39 is 0 Å². The fourth-order valence-corrected chi connectivity index (χ4v) is 3.28. The first-order chi connectivity index (χ1) is 15.1. The third-order valence-corrected chi connectivity index (χ3v) is 4.97. The van der Waals surface area contributed by atoms with Gasteiger partial charge in [-0.2, -0.15) is 10.2 Å². The highest BCUT2D eigenvalue weighted by Gasteiger charge is 2.27. The van der Waals surface area contributed by atoms with Gasteiger partial charge in [0.15, 0.2) is 5.82 Å². The number of carbonyl (C=O) groups is 1. The molecule has 1 aliphatic rings. The zero-order valence-corrected chi connectivity index (χ0v) is 17.6. The van der Waals surface area contributed by atoms with Crippen molar-refractivity contribution < 1.29 is 4.79 Å². The molecule has 31 heavy (non-hydrogen) atoms. The number of anilines is 2. The average Bonchev–Trinajstić information content (AvgIpc) is 3.28. The molecule has 1 saturated heterocycles. The van der Waals surface area contributed by atoms with Crippen LogP contribution in [0.4, 0.5) is 11.8 Å². The van der Waals surface area contributed by atoms with Crippen LogP contribution in [-0.4, -0.2) is 46.1 Å². The zero-order chi connectivity index (χ0) is 22.1. The van der Waals surface area contributed by atoms with E-state index in [9.17, 15) is 4.79 Å². The Labute approximate surface area is 185 Å². The van der Waals surface area contributed by atoms with Gasteiger partial charge in [0.2, 0.25) is 11.9 Å². The zero-order valence-electron chi connectivity index (χ0n) is 16.8. The summed E-state index contributed by atoms with van der Waals surface area (Å²) in [7, 11) is 0. The molecule has 1 aliphatic heterocycles. The van der Waals surface area contributed by atoms with Crippen molar-refractivity contribution in [3.63, 3.8) is 0 Å². The Hall–Kier alpha value is -3.64. The number of nitriles is 1. The smallest absolute Gasteiger partial charge is 0.242 e. The lowest BCUT2D eigenvalue weighted by Crippen LogP contribution is -2.39. The largest absolute Gasteiger partial charge is 0.380 e. The van der Waals surface area contributed by atoms with Crippen molar-refractivity contribution in [2.24, 2.45) is 0 Å². The first-order valence-corrected chi connectivity index (χ1v) is 10.2. The number of hydrogen-bond acceptors (Lipinski definition) is 8. The molecule has 2 aromatic rings. The first kappa shape index (κ1) is 22.1. The summed E-state index contributed by atoms with van der Waals surface area (Å²) in [5.74, 6) is 0.568. The molecule has 1 aromatic heterocycles. The van der Waals surface area contributed by atoms with Crippen molar-refractivity contribution in [3.05, 3.63) is 59.0 Å². The lowest BCUT2D eigenvalue weighted by atomic mass is 10.2. The Kier molecular flexibility index (Phi) is 7.79. The Morgan fingerprint density at radius 3 is 2.94 bits per heavy atom. The molecule has 0 saturated carbocycles. The van der Waals surface area contributed by atoms with Crippen LogP contribution in [0.1, 0.15) is 18.4 Å². The van der Waals surface area contributed by atoms with Crippen LogP contribution in [-0.2, 0) is 11.3 Å². The normalized spacial score (nSPS) is 15.8. The van der Waals surface area contributed by atoms with Crippen LogP contribution in [0, 0.1) is 16.7 Å². The number of rotatable bonds is 9. The summed E-state index contributed by atoms with van der Waals surface area (Å²) in [6.45, 7) is 1.17. The summed E-state index contributed by atoms with van der Waals surface area (Å²) in [6, 6.07) is 11.6. The van der Waals surface area contributed by atoms with Gasteiger partial charge in [-0.05, 0) is 18.4 Å². The molecule has 9 nitrogen and oxygen atoms in total. The molecule has 0 radical (unpaired) electrons. The Balaban J connectivity index is 1.57. The summed E-state index contributed by atoms with van der Waals surface area (Å²) in [4.78, 5) is 22.3. The van der Waals surface area contributed by atoms with Crippen LogP contribution in [0.15, 0.2) is 48.4 Å². The number of likely N-dealkylation sites (tertiary alicyclic amines) is 1. The van der Waals surface area contributed by atoms with E-state index in [1.807, 2.05) is 30.3 Å². The van der Waals surface area contributed by atoms with Crippen LogP contribution < -0.4 is 16.0 Å². The molecule has 1 atom stereocenters. The summed E-state index contributed by atoms with van der Waals surface area (Å²) >= 11 is 6.19. The predicted octanol–water partition coefficient (Wildman–Crippen LogP) is 2.75. The third kappa shape index (κ3) is 6.17. The SMILES string of the molecule is N#C[C@@H]1CCCN1C(=O)CN/C=C(\C=N)Nc1ncc(Cl)c(NCc2ccccc2)n1. The van der Waals surface area contributed by atoms with E-state index in [0.29, 0.717) is 36.0 Å². The second-order valence-electron chi connectivity index (χ2n) is 6.85. The highest BCUT2D eigenvalue weighted by molar-refractivity contribution is 6.32. The quantitative estimate of drug-likeness (QED) is 0.443. The minimum absolute atomic E-state index is 0.0303. The maximum absolute atomic E-state index is 12.3. The molecule has 160 valence electrons. The molecule has 2 heterocycles. The van der Waals surface area contributed by atoms with Crippen molar-refractivity contribution in [2.45, 2.75) is 25.4 Å².